The molecule has 1 fully saturated rings. The monoisotopic (exact) mass is 328 g/mol. The van der Waals surface area contributed by atoms with Crippen LogP contribution in [0.2, 0.25) is 0 Å². The van der Waals surface area contributed by atoms with Gasteiger partial charge in [-0.25, -0.2) is 0 Å². The first-order valence-corrected chi connectivity index (χ1v) is 7.70. The molecule has 0 aromatic heterocycles. The zero-order valence-corrected chi connectivity index (χ0v) is 12.4. The van der Waals surface area contributed by atoms with Crippen molar-refractivity contribution in [2.45, 2.75) is 39.5 Å². The summed E-state index contributed by atoms with van der Waals surface area (Å²) in [6, 6.07) is 0. The number of allylic oxidation sites excluding steroid dienone is 4. The van der Waals surface area contributed by atoms with Crippen molar-refractivity contribution < 1.29 is 0 Å². The minimum Gasteiger partial charge on any atom is -0.0882 e. The molecule has 88 valence electrons. The van der Waals surface area contributed by atoms with Crippen LogP contribution in [0.3, 0.4) is 0 Å². The summed E-state index contributed by atoms with van der Waals surface area (Å²) in [5.74, 6) is 3.74. The Balaban J connectivity index is 1.98. The lowest BCUT2D eigenvalue weighted by Gasteiger charge is -2.35. The summed E-state index contributed by atoms with van der Waals surface area (Å²) < 4.78 is 1.61. The molecular formula is C15H21I. The van der Waals surface area contributed by atoms with E-state index < -0.39 is 0 Å². The van der Waals surface area contributed by atoms with E-state index in [2.05, 4.69) is 54.7 Å². The van der Waals surface area contributed by atoms with Crippen molar-refractivity contribution in [3.05, 3.63) is 21.8 Å². The van der Waals surface area contributed by atoms with Crippen molar-refractivity contribution in [2.75, 3.05) is 0 Å². The maximum atomic E-state index is 2.55. The number of fused-ring (bicyclic) bond motifs is 3. The van der Waals surface area contributed by atoms with E-state index in [0.717, 1.165) is 23.7 Å². The van der Waals surface area contributed by atoms with Crippen LogP contribution in [0.25, 0.3) is 0 Å². The van der Waals surface area contributed by atoms with E-state index in [4.69, 9.17) is 0 Å². The molecule has 0 amide bonds. The quantitative estimate of drug-likeness (QED) is 0.436. The zero-order chi connectivity index (χ0) is 11.3. The molecule has 4 unspecified atom stereocenters. The molecule has 16 heavy (non-hydrogen) atoms. The molecule has 3 aliphatic carbocycles. The van der Waals surface area contributed by atoms with Gasteiger partial charge in [-0.2, -0.15) is 0 Å². The highest BCUT2D eigenvalue weighted by atomic mass is 127. The van der Waals surface area contributed by atoms with E-state index in [0.29, 0.717) is 5.41 Å². The third-order valence-corrected chi connectivity index (χ3v) is 6.26. The van der Waals surface area contributed by atoms with Crippen molar-refractivity contribution in [1.29, 1.82) is 0 Å². The molecule has 3 aliphatic rings. The van der Waals surface area contributed by atoms with Crippen LogP contribution < -0.4 is 0 Å². The van der Waals surface area contributed by atoms with Gasteiger partial charge in [0.05, 0.1) is 0 Å². The lowest BCUT2D eigenvalue weighted by atomic mass is 9.70. The van der Waals surface area contributed by atoms with Gasteiger partial charge in [0.2, 0.25) is 0 Å². The van der Waals surface area contributed by atoms with Gasteiger partial charge < -0.3 is 0 Å². The molecule has 0 aromatic carbocycles. The molecule has 3 rings (SSSR count). The molecule has 0 aromatic rings. The summed E-state index contributed by atoms with van der Waals surface area (Å²) in [7, 11) is 0. The fourth-order valence-electron chi connectivity index (χ4n) is 4.54. The predicted molar refractivity (Wildman–Crippen MR) is 77.5 cm³/mol. The van der Waals surface area contributed by atoms with Crippen LogP contribution in [0.4, 0.5) is 0 Å². The number of halogens is 1. The van der Waals surface area contributed by atoms with Gasteiger partial charge in [0.15, 0.2) is 0 Å². The highest BCUT2D eigenvalue weighted by Gasteiger charge is 2.54. The Labute approximate surface area is 113 Å². The maximum absolute atomic E-state index is 2.55. The van der Waals surface area contributed by atoms with Crippen LogP contribution in [0.5, 0.6) is 0 Å². The Morgan fingerprint density at radius 1 is 1.31 bits per heavy atom. The molecule has 0 nitrogen and oxygen atoms in total. The van der Waals surface area contributed by atoms with Crippen LogP contribution in [0.1, 0.15) is 39.5 Å². The van der Waals surface area contributed by atoms with Crippen LogP contribution in [-0.2, 0) is 0 Å². The molecule has 0 saturated heterocycles. The topological polar surface area (TPSA) is 0 Å². The van der Waals surface area contributed by atoms with Gasteiger partial charge in [-0.1, -0.05) is 32.1 Å². The molecule has 0 heterocycles. The summed E-state index contributed by atoms with van der Waals surface area (Å²) in [5.41, 5.74) is 0.525. The number of hydrogen-bond acceptors (Lipinski definition) is 0. The first-order chi connectivity index (χ1) is 7.60. The van der Waals surface area contributed by atoms with E-state index in [1.165, 1.54) is 25.7 Å². The van der Waals surface area contributed by atoms with Gasteiger partial charge in [0, 0.05) is 0 Å². The first-order valence-electron chi connectivity index (χ1n) is 6.62. The molecule has 1 heteroatoms. The van der Waals surface area contributed by atoms with Crippen LogP contribution in [0.15, 0.2) is 21.8 Å². The highest BCUT2D eigenvalue weighted by molar-refractivity contribution is 14.1. The zero-order valence-electron chi connectivity index (χ0n) is 10.2. The van der Waals surface area contributed by atoms with Gasteiger partial charge in [-0.15, -0.1) is 0 Å². The largest absolute Gasteiger partial charge is 0.0882 e. The van der Waals surface area contributed by atoms with Crippen molar-refractivity contribution in [3.63, 3.8) is 0 Å². The number of rotatable bonds is 0. The molecule has 1 saturated carbocycles. The normalized spacial score (nSPS) is 44.8. The summed E-state index contributed by atoms with van der Waals surface area (Å²) in [6.07, 6.45) is 12.9. The van der Waals surface area contributed by atoms with E-state index in [-0.39, 0.29) is 0 Å². The van der Waals surface area contributed by atoms with E-state index in [9.17, 15) is 0 Å². The molecule has 0 radical (unpaired) electrons. The second kappa shape index (κ2) is 3.86. The third-order valence-electron chi connectivity index (χ3n) is 5.38. The van der Waals surface area contributed by atoms with Crippen molar-refractivity contribution in [1.82, 2.24) is 0 Å². The van der Waals surface area contributed by atoms with E-state index in [1.807, 2.05) is 0 Å². The second-order valence-corrected chi connectivity index (χ2v) is 7.76. The van der Waals surface area contributed by atoms with E-state index >= 15 is 0 Å². The lowest BCUT2D eigenvalue weighted by Crippen LogP contribution is -2.27. The Morgan fingerprint density at radius 2 is 2.12 bits per heavy atom. The summed E-state index contributed by atoms with van der Waals surface area (Å²) in [6.45, 7) is 5.03. The van der Waals surface area contributed by atoms with Gasteiger partial charge in [-0.05, 0) is 80.9 Å². The summed E-state index contributed by atoms with van der Waals surface area (Å²) in [5, 5.41) is 0. The Bertz CT molecular complexity index is 350. The summed E-state index contributed by atoms with van der Waals surface area (Å²) in [4.78, 5) is 0. The second-order valence-electron chi connectivity index (χ2n) is 6.38. The minimum absolute atomic E-state index is 0.525. The fraction of sp³-hybridized carbons (Fsp3) is 0.733. The first kappa shape index (κ1) is 11.3. The fourth-order valence-corrected chi connectivity index (χ4v) is 5.27. The highest BCUT2D eigenvalue weighted by Crippen LogP contribution is 2.61. The summed E-state index contributed by atoms with van der Waals surface area (Å²) >= 11 is 2.55. The maximum Gasteiger partial charge on any atom is -0.0131 e. The molecule has 4 atom stereocenters. The molecule has 0 bridgehead atoms. The average molecular weight is 328 g/mol. The third kappa shape index (κ3) is 1.53. The molecular weight excluding hydrogens is 307 g/mol. The van der Waals surface area contributed by atoms with Gasteiger partial charge in [0.25, 0.3) is 0 Å². The average Bonchev–Trinajstić information content (AvgIpc) is 2.49. The molecule has 0 aliphatic heterocycles. The van der Waals surface area contributed by atoms with Crippen molar-refractivity contribution >= 4 is 22.6 Å². The SMILES string of the molecule is CC1(C)C2C=CCCC2C2CC=C(I)CC21. The Kier molecular flexibility index (Phi) is 2.73. The van der Waals surface area contributed by atoms with Crippen molar-refractivity contribution in [3.8, 4) is 0 Å². The van der Waals surface area contributed by atoms with Crippen molar-refractivity contribution in [2.24, 2.45) is 29.1 Å². The Hall–Kier alpha value is 0.210. The van der Waals surface area contributed by atoms with Crippen LogP contribution in [0, 0.1) is 29.1 Å². The van der Waals surface area contributed by atoms with Crippen LogP contribution in [-0.4, -0.2) is 0 Å². The number of hydrogen-bond donors (Lipinski definition) is 0. The smallest absolute Gasteiger partial charge is 0.0131 e. The van der Waals surface area contributed by atoms with Gasteiger partial charge in [0.1, 0.15) is 0 Å². The minimum atomic E-state index is 0.525. The van der Waals surface area contributed by atoms with Crippen LogP contribution >= 0.6 is 22.6 Å². The molecule has 0 spiro atoms. The predicted octanol–water partition coefficient (Wildman–Crippen LogP) is 4.95. The Morgan fingerprint density at radius 3 is 2.94 bits per heavy atom. The standard InChI is InChI=1S/C15H21I/c1-15(2)13-6-4-3-5-11(13)12-8-7-10(16)9-14(12)15/h4,6-7,11-14H,3,5,8-9H2,1-2H3. The van der Waals surface area contributed by atoms with Gasteiger partial charge in [-0.3, -0.25) is 0 Å². The lowest BCUT2D eigenvalue weighted by molar-refractivity contribution is 0.186. The molecule has 0 N–H and O–H groups in total. The van der Waals surface area contributed by atoms with Gasteiger partial charge >= 0.3 is 0 Å². The van der Waals surface area contributed by atoms with E-state index in [1.54, 1.807) is 3.58 Å².